The summed E-state index contributed by atoms with van der Waals surface area (Å²) in [6, 6.07) is 3.50. The molecule has 0 aliphatic carbocycles. The van der Waals surface area contributed by atoms with Crippen molar-refractivity contribution < 1.29 is 9.90 Å². The van der Waals surface area contributed by atoms with Gasteiger partial charge in [0.15, 0.2) is 0 Å². The maximum Gasteiger partial charge on any atom is 0.354 e. The number of carboxylic acids is 1. The van der Waals surface area contributed by atoms with Gasteiger partial charge < -0.3 is 10.0 Å². The van der Waals surface area contributed by atoms with Crippen LogP contribution in [0.4, 0.5) is 5.69 Å². The normalized spacial score (nSPS) is 16.4. The van der Waals surface area contributed by atoms with Gasteiger partial charge in [-0.05, 0) is 12.1 Å². The maximum atomic E-state index is 10.8. The van der Waals surface area contributed by atoms with Gasteiger partial charge in [0, 0.05) is 36.5 Å². The zero-order chi connectivity index (χ0) is 10.7. The molecule has 1 fully saturated rings. The summed E-state index contributed by atoms with van der Waals surface area (Å²) in [4.78, 5) is 16.8. The number of nitrogens with zero attached hydrogens (tertiary/aromatic N) is 2. The van der Waals surface area contributed by atoms with Crippen LogP contribution < -0.4 is 4.90 Å². The van der Waals surface area contributed by atoms with E-state index >= 15 is 0 Å². The van der Waals surface area contributed by atoms with Gasteiger partial charge in [-0.3, -0.25) is 0 Å². The standard InChI is InChI=1S/C10H12N2O2S/c13-10(14)9-7-8(1-2-11-9)12-3-5-15-6-4-12/h1-2,7H,3-6H2,(H,13,14). The molecule has 1 aliphatic rings. The topological polar surface area (TPSA) is 53.4 Å². The lowest BCUT2D eigenvalue weighted by Gasteiger charge is -2.28. The van der Waals surface area contributed by atoms with Crippen LogP contribution in [0.1, 0.15) is 10.5 Å². The summed E-state index contributed by atoms with van der Waals surface area (Å²) in [6.07, 6.45) is 1.56. The first-order chi connectivity index (χ1) is 7.27. The average Bonchev–Trinajstić information content (AvgIpc) is 2.30. The molecule has 15 heavy (non-hydrogen) atoms. The van der Waals surface area contributed by atoms with E-state index in [0.717, 1.165) is 30.3 Å². The maximum absolute atomic E-state index is 10.8. The second kappa shape index (κ2) is 4.53. The Morgan fingerprint density at radius 3 is 2.87 bits per heavy atom. The summed E-state index contributed by atoms with van der Waals surface area (Å²) in [6.45, 7) is 1.96. The number of hydrogen-bond donors (Lipinski definition) is 1. The van der Waals surface area contributed by atoms with E-state index in [-0.39, 0.29) is 5.69 Å². The van der Waals surface area contributed by atoms with Crippen molar-refractivity contribution in [3.05, 3.63) is 24.0 Å². The van der Waals surface area contributed by atoms with Gasteiger partial charge >= 0.3 is 5.97 Å². The van der Waals surface area contributed by atoms with E-state index in [9.17, 15) is 4.79 Å². The lowest BCUT2D eigenvalue weighted by Crippen LogP contribution is -2.32. The molecular formula is C10H12N2O2S. The molecule has 0 amide bonds. The van der Waals surface area contributed by atoms with Crippen molar-refractivity contribution in [1.82, 2.24) is 4.98 Å². The number of pyridine rings is 1. The number of carboxylic acid groups (broad SMARTS) is 1. The van der Waals surface area contributed by atoms with Crippen LogP contribution in [0.25, 0.3) is 0 Å². The SMILES string of the molecule is O=C(O)c1cc(N2CCSCC2)ccn1. The minimum Gasteiger partial charge on any atom is -0.477 e. The summed E-state index contributed by atoms with van der Waals surface area (Å²) in [5.74, 6) is 1.23. The van der Waals surface area contributed by atoms with Crippen LogP contribution in [0.2, 0.25) is 0 Å². The third-order valence-electron chi connectivity index (χ3n) is 2.34. The van der Waals surface area contributed by atoms with Crippen LogP contribution >= 0.6 is 11.8 Å². The monoisotopic (exact) mass is 224 g/mol. The predicted octanol–water partition coefficient (Wildman–Crippen LogP) is 1.33. The molecule has 5 heteroatoms. The Hall–Kier alpha value is -1.23. The molecule has 0 atom stereocenters. The quantitative estimate of drug-likeness (QED) is 0.821. The molecule has 2 heterocycles. The minimum absolute atomic E-state index is 0.116. The number of anilines is 1. The Bertz CT molecular complexity index is 364. The number of aromatic nitrogens is 1. The van der Waals surface area contributed by atoms with Crippen molar-refractivity contribution in [3.63, 3.8) is 0 Å². The Labute approximate surface area is 92.3 Å². The molecule has 1 saturated heterocycles. The number of thioether (sulfide) groups is 1. The van der Waals surface area contributed by atoms with Crippen molar-refractivity contribution in [1.29, 1.82) is 0 Å². The van der Waals surface area contributed by atoms with E-state index in [2.05, 4.69) is 9.88 Å². The molecule has 0 bridgehead atoms. The van der Waals surface area contributed by atoms with Gasteiger partial charge in [0.1, 0.15) is 5.69 Å². The van der Waals surface area contributed by atoms with Crippen molar-refractivity contribution in [2.24, 2.45) is 0 Å². The molecule has 1 N–H and O–H groups in total. The van der Waals surface area contributed by atoms with Crippen molar-refractivity contribution >= 4 is 23.4 Å². The molecule has 0 unspecified atom stereocenters. The van der Waals surface area contributed by atoms with E-state index < -0.39 is 5.97 Å². The highest BCUT2D eigenvalue weighted by Gasteiger charge is 2.13. The molecule has 1 aliphatic heterocycles. The Morgan fingerprint density at radius 2 is 2.20 bits per heavy atom. The van der Waals surface area contributed by atoms with Gasteiger partial charge in [-0.2, -0.15) is 11.8 Å². The van der Waals surface area contributed by atoms with Gasteiger partial charge in [-0.15, -0.1) is 0 Å². The molecule has 1 aromatic rings. The number of aromatic carboxylic acids is 1. The Morgan fingerprint density at radius 1 is 1.47 bits per heavy atom. The summed E-state index contributed by atoms with van der Waals surface area (Å²) in [5.41, 5.74) is 1.08. The van der Waals surface area contributed by atoms with E-state index in [0.29, 0.717) is 0 Å². The Balaban J connectivity index is 2.19. The first kappa shape index (κ1) is 10.3. The zero-order valence-electron chi connectivity index (χ0n) is 8.22. The Kier molecular flexibility index (Phi) is 3.11. The minimum atomic E-state index is -0.969. The molecule has 4 nitrogen and oxygen atoms in total. The van der Waals surface area contributed by atoms with Gasteiger partial charge in [-0.1, -0.05) is 0 Å². The highest BCUT2D eigenvalue weighted by Crippen LogP contribution is 2.19. The van der Waals surface area contributed by atoms with Crippen LogP contribution in [-0.4, -0.2) is 40.7 Å². The van der Waals surface area contributed by atoms with Crippen LogP contribution in [0, 0.1) is 0 Å². The highest BCUT2D eigenvalue weighted by molar-refractivity contribution is 7.99. The fourth-order valence-electron chi connectivity index (χ4n) is 1.55. The molecule has 0 aromatic carbocycles. The first-order valence-electron chi connectivity index (χ1n) is 4.79. The van der Waals surface area contributed by atoms with E-state index in [1.165, 1.54) is 0 Å². The number of rotatable bonds is 2. The zero-order valence-corrected chi connectivity index (χ0v) is 9.04. The van der Waals surface area contributed by atoms with E-state index in [1.807, 2.05) is 17.8 Å². The lowest BCUT2D eigenvalue weighted by molar-refractivity contribution is 0.0690. The van der Waals surface area contributed by atoms with Crippen molar-refractivity contribution in [3.8, 4) is 0 Å². The van der Waals surface area contributed by atoms with Gasteiger partial charge in [-0.25, -0.2) is 9.78 Å². The summed E-state index contributed by atoms with van der Waals surface area (Å²) < 4.78 is 0. The summed E-state index contributed by atoms with van der Waals surface area (Å²) in [5, 5.41) is 8.82. The molecular weight excluding hydrogens is 212 g/mol. The largest absolute Gasteiger partial charge is 0.477 e. The van der Waals surface area contributed by atoms with E-state index in [4.69, 9.17) is 5.11 Å². The second-order valence-corrected chi connectivity index (χ2v) is 4.53. The second-order valence-electron chi connectivity index (χ2n) is 3.30. The van der Waals surface area contributed by atoms with Crippen LogP contribution in [0.3, 0.4) is 0 Å². The van der Waals surface area contributed by atoms with Crippen molar-refractivity contribution in [2.45, 2.75) is 0 Å². The van der Waals surface area contributed by atoms with Crippen LogP contribution in [0.15, 0.2) is 18.3 Å². The molecule has 0 saturated carbocycles. The summed E-state index contributed by atoms with van der Waals surface area (Å²) in [7, 11) is 0. The van der Waals surface area contributed by atoms with Crippen LogP contribution in [-0.2, 0) is 0 Å². The average molecular weight is 224 g/mol. The molecule has 2 rings (SSSR count). The third-order valence-corrected chi connectivity index (χ3v) is 3.28. The fraction of sp³-hybridized carbons (Fsp3) is 0.400. The lowest BCUT2D eigenvalue weighted by atomic mass is 10.3. The summed E-state index contributed by atoms with van der Waals surface area (Å²) >= 11 is 1.93. The van der Waals surface area contributed by atoms with Gasteiger partial charge in [0.25, 0.3) is 0 Å². The van der Waals surface area contributed by atoms with Gasteiger partial charge in [0.2, 0.25) is 0 Å². The smallest absolute Gasteiger partial charge is 0.354 e. The van der Waals surface area contributed by atoms with E-state index in [1.54, 1.807) is 12.3 Å². The number of hydrogen-bond acceptors (Lipinski definition) is 4. The molecule has 0 radical (unpaired) electrons. The molecule has 1 aromatic heterocycles. The predicted molar refractivity (Wildman–Crippen MR) is 60.7 cm³/mol. The highest BCUT2D eigenvalue weighted by atomic mass is 32.2. The number of carbonyl (C=O) groups is 1. The molecule has 80 valence electrons. The van der Waals surface area contributed by atoms with Crippen molar-refractivity contribution in [2.75, 3.05) is 29.5 Å². The fourth-order valence-corrected chi connectivity index (χ4v) is 2.46. The first-order valence-corrected chi connectivity index (χ1v) is 5.95. The van der Waals surface area contributed by atoms with Crippen LogP contribution in [0.5, 0.6) is 0 Å². The molecule has 0 spiro atoms. The van der Waals surface area contributed by atoms with Gasteiger partial charge in [0.05, 0.1) is 0 Å². The third kappa shape index (κ3) is 2.41.